The molecular weight excluding hydrogens is 346 g/mol. The molecule has 0 atom stereocenters. The number of alkyl halides is 4. The molecular formula is C16H7F4NO4. The number of rotatable bonds is 1. The van der Waals surface area contributed by atoms with Gasteiger partial charge >= 0.3 is 12.4 Å². The molecule has 0 N–H and O–H groups in total. The molecule has 2 aliphatic rings. The zero-order valence-corrected chi connectivity index (χ0v) is 12.1. The van der Waals surface area contributed by atoms with E-state index in [1.807, 2.05) is 0 Å². The van der Waals surface area contributed by atoms with Crippen molar-refractivity contribution >= 4 is 17.5 Å². The van der Waals surface area contributed by atoms with Crippen molar-refractivity contribution < 1.29 is 36.6 Å². The lowest BCUT2D eigenvalue weighted by Crippen LogP contribution is -2.41. The summed E-state index contributed by atoms with van der Waals surface area (Å²) >= 11 is 0. The first-order valence-corrected chi connectivity index (χ1v) is 6.97. The Morgan fingerprint density at radius 1 is 0.880 bits per heavy atom. The van der Waals surface area contributed by atoms with Crippen LogP contribution in [0, 0.1) is 0 Å². The van der Waals surface area contributed by atoms with Gasteiger partial charge in [-0.3, -0.25) is 9.59 Å². The third-order valence-corrected chi connectivity index (χ3v) is 3.80. The number of nitrogens with zero attached hydrogens (tertiary/aromatic N) is 1. The summed E-state index contributed by atoms with van der Waals surface area (Å²) in [4.78, 5) is 25.4. The monoisotopic (exact) mass is 353 g/mol. The first-order valence-electron chi connectivity index (χ1n) is 6.97. The van der Waals surface area contributed by atoms with Crippen LogP contribution in [0.3, 0.4) is 0 Å². The lowest BCUT2D eigenvalue weighted by atomic mass is 10.1. The van der Waals surface area contributed by atoms with Crippen LogP contribution in [-0.2, 0) is 10.8 Å². The Hall–Kier alpha value is -2.94. The highest BCUT2D eigenvalue weighted by molar-refractivity contribution is 6.34. The van der Waals surface area contributed by atoms with Gasteiger partial charge in [0.25, 0.3) is 11.8 Å². The fourth-order valence-corrected chi connectivity index (χ4v) is 2.75. The molecule has 2 aromatic carbocycles. The minimum absolute atomic E-state index is 0.121. The number of halogens is 4. The fourth-order valence-electron chi connectivity index (χ4n) is 2.75. The number of benzene rings is 2. The molecule has 4 rings (SSSR count). The number of amides is 2. The Kier molecular flexibility index (Phi) is 2.99. The van der Waals surface area contributed by atoms with Gasteiger partial charge in [0.2, 0.25) is 0 Å². The molecule has 0 bridgehead atoms. The smallest absolute Gasteiger partial charge is 0.409 e. The number of hydrogen-bond donors (Lipinski definition) is 0. The standard InChI is InChI=1S/C16H7F4NO4/c17-15(18)11-7-8(5-6-12(11)24-16(19,20)25-15)21-13(22)9-3-1-2-4-10(9)14(21)23/h1-7H. The van der Waals surface area contributed by atoms with E-state index in [0.29, 0.717) is 11.0 Å². The summed E-state index contributed by atoms with van der Waals surface area (Å²) in [6.07, 6.45) is -8.85. The third-order valence-electron chi connectivity index (χ3n) is 3.80. The van der Waals surface area contributed by atoms with Crippen LogP contribution < -0.4 is 9.64 Å². The molecule has 2 amide bonds. The molecule has 2 aromatic rings. The van der Waals surface area contributed by atoms with Crippen LogP contribution in [0.4, 0.5) is 23.2 Å². The van der Waals surface area contributed by atoms with Crippen molar-refractivity contribution in [3.63, 3.8) is 0 Å². The summed E-state index contributed by atoms with van der Waals surface area (Å²) in [5, 5.41) is 0. The maximum Gasteiger partial charge on any atom is 0.540 e. The topological polar surface area (TPSA) is 55.8 Å². The Morgan fingerprint density at radius 3 is 2.08 bits per heavy atom. The zero-order valence-electron chi connectivity index (χ0n) is 12.1. The number of hydrogen-bond acceptors (Lipinski definition) is 4. The summed E-state index contributed by atoms with van der Waals surface area (Å²) in [6.45, 7) is 0. The van der Waals surface area contributed by atoms with E-state index in [0.717, 1.165) is 12.1 Å². The average Bonchev–Trinajstić information content (AvgIpc) is 2.78. The van der Waals surface area contributed by atoms with Crippen molar-refractivity contribution in [2.45, 2.75) is 12.4 Å². The van der Waals surface area contributed by atoms with Gasteiger partial charge in [0.15, 0.2) is 0 Å². The van der Waals surface area contributed by atoms with E-state index in [-0.39, 0.29) is 16.8 Å². The minimum atomic E-state index is -4.49. The average molecular weight is 353 g/mol. The quantitative estimate of drug-likeness (QED) is 0.582. The summed E-state index contributed by atoms with van der Waals surface area (Å²) in [5.41, 5.74) is -0.971. The lowest BCUT2D eigenvalue weighted by Gasteiger charge is -2.31. The fraction of sp³-hybridized carbons (Fsp3) is 0.125. The molecule has 0 unspecified atom stereocenters. The van der Waals surface area contributed by atoms with Gasteiger partial charge in [-0.15, -0.1) is 8.78 Å². The SMILES string of the molecule is O=C1c2ccccc2C(=O)N1c1ccc2c(c1)C(F)(F)OC(F)(F)O2. The number of fused-ring (bicyclic) bond motifs is 2. The summed E-state index contributed by atoms with van der Waals surface area (Å²) < 4.78 is 61.2. The molecule has 0 radical (unpaired) electrons. The van der Waals surface area contributed by atoms with Gasteiger partial charge < -0.3 is 4.74 Å². The van der Waals surface area contributed by atoms with Gasteiger partial charge in [-0.25, -0.2) is 9.64 Å². The molecule has 0 saturated heterocycles. The molecule has 9 heteroatoms. The molecule has 0 saturated carbocycles. The highest BCUT2D eigenvalue weighted by Crippen LogP contribution is 2.47. The van der Waals surface area contributed by atoms with E-state index in [9.17, 15) is 27.2 Å². The minimum Gasteiger partial charge on any atom is -0.409 e. The van der Waals surface area contributed by atoms with Crippen molar-refractivity contribution in [1.29, 1.82) is 0 Å². The molecule has 0 spiro atoms. The normalized spacial score (nSPS) is 20.1. The molecule has 2 aliphatic heterocycles. The van der Waals surface area contributed by atoms with Crippen molar-refractivity contribution in [2.75, 3.05) is 4.90 Å². The van der Waals surface area contributed by atoms with Gasteiger partial charge in [-0.2, -0.15) is 8.78 Å². The number of carbonyl (C=O) groups is 2. The zero-order chi connectivity index (χ0) is 18.0. The van der Waals surface area contributed by atoms with Crippen molar-refractivity contribution in [3.8, 4) is 5.75 Å². The van der Waals surface area contributed by atoms with Crippen LogP contribution in [0.5, 0.6) is 5.75 Å². The molecule has 2 heterocycles. The van der Waals surface area contributed by atoms with E-state index in [4.69, 9.17) is 0 Å². The number of carbonyl (C=O) groups excluding carboxylic acids is 2. The predicted molar refractivity (Wildman–Crippen MR) is 74.6 cm³/mol. The Morgan fingerprint density at radius 2 is 1.48 bits per heavy atom. The van der Waals surface area contributed by atoms with Gasteiger partial charge in [0, 0.05) is 0 Å². The summed E-state index contributed by atoms with van der Waals surface area (Å²) in [6, 6.07) is 8.57. The molecule has 128 valence electrons. The van der Waals surface area contributed by atoms with E-state index >= 15 is 0 Å². The number of ether oxygens (including phenoxy) is 2. The second-order valence-corrected chi connectivity index (χ2v) is 5.36. The van der Waals surface area contributed by atoms with E-state index in [2.05, 4.69) is 9.47 Å². The number of imide groups is 1. The van der Waals surface area contributed by atoms with Crippen molar-refractivity contribution in [2.24, 2.45) is 0 Å². The van der Waals surface area contributed by atoms with Gasteiger partial charge in [-0.05, 0) is 30.3 Å². The van der Waals surface area contributed by atoms with Crippen LogP contribution in [-0.4, -0.2) is 18.1 Å². The second kappa shape index (κ2) is 4.79. The van der Waals surface area contributed by atoms with E-state index < -0.39 is 35.5 Å². The maximum absolute atomic E-state index is 13.8. The maximum atomic E-state index is 13.8. The largest absolute Gasteiger partial charge is 0.540 e. The lowest BCUT2D eigenvalue weighted by molar-refractivity contribution is -0.461. The molecule has 25 heavy (non-hydrogen) atoms. The number of anilines is 1. The molecule has 0 fully saturated rings. The Labute approximate surface area is 137 Å². The Balaban J connectivity index is 1.80. The summed E-state index contributed by atoms with van der Waals surface area (Å²) in [5.74, 6) is -2.21. The Bertz CT molecular complexity index is 893. The first kappa shape index (κ1) is 15.6. The predicted octanol–water partition coefficient (Wildman–Crippen LogP) is 3.50. The summed E-state index contributed by atoms with van der Waals surface area (Å²) in [7, 11) is 0. The van der Waals surface area contributed by atoms with Crippen LogP contribution in [0.25, 0.3) is 0 Å². The third kappa shape index (κ3) is 2.27. The molecule has 0 aromatic heterocycles. The molecule has 0 aliphatic carbocycles. The van der Waals surface area contributed by atoms with E-state index in [1.54, 1.807) is 12.1 Å². The van der Waals surface area contributed by atoms with Crippen molar-refractivity contribution in [1.82, 2.24) is 0 Å². The first-order chi connectivity index (χ1) is 11.7. The van der Waals surface area contributed by atoms with Crippen LogP contribution in [0.1, 0.15) is 26.3 Å². The second-order valence-electron chi connectivity index (χ2n) is 5.36. The molecule has 5 nitrogen and oxygen atoms in total. The van der Waals surface area contributed by atoms with E-state index in [1.165, 1.54) is 12.1 Å². The highest BCUT2D eigenvalue weighted by atomic mass is 19.3. The van der Waals surface area contributed by atoms with Gasteiger partial charge in [-0.1, -0.05) is 12.1 Å². The van der Waals surface area contributed by atoms with Crippen molar-refractivity contribution in [3.05, 3.63) is 59.2 Å². The van der Waals surface area contributed by atoms with Crippen LogP contribution in [0.2, 0.25) is 0 Å². The van der Waals surface area contributed by atoms with Crippen LogP contribution in [0.15, 0.2) is 42.5 Å². The van der Waals surface area contributed by atoms with Gasteiger partial charge in [0.1, 0.15) is 5.75 Å². The highest BCUT2D eigenvalue weighted by Gasteiger charge is 2.54. The van der Waals surface area contributed by atoms with Crippen LogP contribution >= 0.6 is 0 Å². The van der Waals surface area contributed by atoms with Gasteiger partial charge in [0.05, 0.1) is 22.4 Å².